The molecule has 3 heterocycles. The maximum absolute atomic E-state index is 9.45. The van der Waals surface area contributed by atoms with E-state index in [0.717, 1.165) is 33.3 Å². The Morgan fingerprint density at radius 3 is 2.61 bits per heavy atom. The molecule has 4 aromatic rings. The second-order valence-electron chi connectivity index (χ2n) is 8.41. The third-order valence-corrected chi connectivity index (χ3v) is 6.02. The highest BCUT2D eigenvalue weighted by molar-refractivity contribution is 5.91. The van der Waals surface area contributed by atoms with Crippen LogP contribution in [-0.2, 0) is 5.41 Å². The van der Waals surface area contributed by atoms with Gasteiger partial charge in [0.1, 0.15) is 0 Å². The lowest BCUT2D eigenvalue weighted by Gasteiger charge is -2.30. The molecule has 5 heteroatoms. The summed E-state index contributed by atoms with van der Waals surface area (Å²) in [4.78, 5) is 8.94. The zero-order valence-electron chi connectivity index (χ0n) is 17.6. The van der Waals surface area contributed by atoms with Gasteiger partial charge in [-0.2, -0.15) is 5.26 Å². The fraction of sp³-hybridized carbons (Fsp3) is 0.192. The van der Waals surface area contributed by atoms with Crippen molar-refractivity contribution in [1.29, 1.82) is 5.26 Å². The number of hydrogen-bond donors (Lipinski definition) is 2. The first-order valence-electron chi connectivity index (χ1n) is 10.4. The van der Waals surface area contributed by atoms with Crippen molar-refractivity contribution in [3.8, 4) is 17.2 Å². The maximum atomic E-state index is 9.45. The average molecular weight is 406 g/mol. The number of nitriles is 1. The molecule has 0 radical (unpaired) electrons. The number of benzene rings is 2. The molecule has 0 amide bonds. The van der Waals surface area contributed by atoms with Gasteiger partial charge in [0.05, 0.1) is 41.6 Å². The van der Waals surface area contributed by atoms with E-state index < -0.39 is 5.41 Å². The molecule has 2 aromatic heterocycles. The third-order valence-electron chi connectivity index (χ3n) is 6.02. The Bertz CT molecular complexity index is 1290. The van der Waals surface area contributed by atoms with Crippen molar-refractivity contribution in [2.75, 3.05) is 12.0 Å². The molecular formula is C26H23N5. The Labute approximate surface area is 181 Å². The molecule has 5 nitrogen and oxygen atoms in total. The minimum absolute atomic E-state index is 0.0325. The number of nitrogens with zero attached hydrogens (tertiary/aromatic N) is 3. The van der Waals surface area contributed by atoms with E-state index in [1.54, 1.807) is 6.20 Å². The van der Waals surface area contributed by atoms with Crippen molar-refractivity contribution in [2.24, 2.45) is 0 Å². The first-order chi connectivity index (χ1) is 15.1. The van der Waals surface area contributed by atoms with Crippen LogP contribution < -0.4 is 10.6 Å². The van der Waals surface area contributed by atoms with E-state index in [0.29, 0.717) is 6.67 Å². The van der Waals surface area contributed by atoms with Crippen LogP contribution in [0.5, 0.6) is 0 Å². The Balaban J connectivity index is 1.64. The Morgan fingerprint density at radius 2 is 1.87 bits per heavy atom. The van der Waals surface area contributed by atoms with E-state index in [-0.39, 0.29) is 6.04 Å². The van der Waals surface area contributed by atoms with Crippen LogP contribution in [0.4, 0.5) is 5.69 Å². The highest BCUT2D eigenvalue weighted by Gasteiger charge is 2.26. The fourth-order valence-electron chi connectivity index (χ4n) is 4.17. The molecule has 2 N–H and O–H groups in total. The van der Waals surface area contributed by atoms with Gasteiger partial charge in [0.15, 0.2) is 0 Å². The Morgan fingerprint density at radius 1 is 1.03 bits per heavy atom. The van der Waals surface area contributed by atoms with Crippen molar-refractivity contribution < 1.29 is 0 Å². The molecule has 5 rings (SSSR count). The Kier molecular flexibility index (Phi) is 4.65. The van der Waals surface area contributed by atoms with E-state index in [1.807, 2.05) is 32.3 Å². The molecule has 1 unspecified atom stereocenters. The summed E-state index contributed by atoms with van der Waals surface area (Å²) in [5.74, 6) is 0. The van der Waals surface area contributed by atoms with E-state index >= 15 is 0 Å². The maximum Gasteiger partial charge on any atom is 0.0766 e. The third kappa shape index (κ3) is 3.41. The second-order valence-corrected chi connectivity index (χ2v) is 8.41. The van der Waals surface area contributed by atoms with Gasteiger partial charge >= 0.3 is 0 Å². The summed E-state index contributed by atoms with van der Waals surface area (Å²) in [5, 5.41) is 17.6. The number of aromatic nitrogens is 2. The first-order valence-corrected chi connectivity index (χ1v) is 10.4. The molecule has 2 aromatic carbocycles. The molecule has 0 aliphatic carbocycles. The lowest BCUT2D eigenvalue weighted by molar-refractivity contribution is 0.617. The summed E-state index contributed by atoms with van der Waals surface area (Å²) >= 11 is 0. The van der Waals surface area contributed by atoms with E-state index in [9.17, 15) is 5.26 Å². The largest absolute Gasteiger partial charge is 0.371 e. The summed E-state index contributed by atoms with van der Waals surface area (Å²) in [6.07, 6.45) is 5.59. The Hall–Kier alpha value is -3.75. The van der Waals surface area contributed by atoms with Gasteiger partial charge < -0.3 is 5.32 Å². The molecule has 0 saturated carbocycles. The highest BCUT2D eigenvalue weighted by atomic mass is 15.1. The highest BCUT2D eigenvalue weighted by Crippen LogP contribution is 2.38. The standard InChI is InChI=1S/C26H23N5/c1-26(2,15-27)20-8-5-17(6-9-20)25-24-21-12-18(19-4-3-11-28-13-19)7-10-22(21)29-14-23(24)30-16-31-25/h3-14,25,30-31H,16H2,1-2H3. The van der Waals surface area contributed by atoms with Crippen LogP contribution in [0.25, 0.3) is 22.0 Å². The summed E-state index contributed by atoms with van der Waals surface area (Å²) in [6.45, 7) is 4.55. The van der Waals surface area contributed by atoms with Crippen LogP contribution in [-0.4, -0.2) is 16.6 Å². The van der Waals surface area contributed by atoms with Gasteiger partial charge in [-0.1, -0.05) is 36.4 Å². The zero-order chi connectivity index (χ0) is 21.4. The van der Waals surface area contributed by atoms with E-state index in [1.165, 1.54) is 11.1 Å². The van der Waals surface area contributed by atoms with Crippen molar-refractivity contribution in [3.63, 3.8) is 0 Å². The minimum atomic E-state index is -0.507. The molecule has 0 bridgehead atoms. The number of fused-ring (bicyclic) bond motifs is 3. The molecule has 1 aliphatic heterocycles. The normalized spacial score (nSPS) is 15.7. The second kappa shape index (κ2) is 7.50. The molecule has 31 heavy (non-hydrogen) atoms. The van der Waals surface area contributed by atoms with Crippen LogP contribution in [0, 0.1) is 11.3 Å². The van der Waals surface area contributed by atoms with Crippen molar-refractivity contribution >= 4 is 16.6 Å². The molecule has 1 atom stereocenters. The van der Waals surface area contributed by atoms with Gasteiger partial charge in [0.2, 0.25) is 0 Å². The van der Waals surface area contributed by atoms with Gasteiger partial charge in [-0.05, 0) is 48.7 Å². The molecule has 0 saturated heterocycles. The minimum Gasteiger partial charge on any atom is -0.371 e. The quantitative estimate of drug-likeness (QED) is 0.492. The number of rotatable bonds is 3. The van der Waals surface area contributed by atoms with Crippen LogP contribution in [0.1, 0.15) is 36.6 Å². The van der Waals surface area contributed by atoms with Crippen molar-refractivity contribution in [1.82, 2.24) is 15.3 Å². The summed E-state index contributed by atoms with van der Waals surface area (Å²) in [7, 11) is 0. The van der Waals surface area contributed by atoms with Crippen molar-refractivity contribution in [3.05, 3.63) is 89.9 Å². The molecule has 1 aliphatic rings. The molecule has 152 valence electrons. The number of nitrogens with one attached hydrogen (secondary N) is 2. The van der Waals surface area contributed by atoms with Crippen LogP contribution in [0.3, 0.4) is 0 Å². The zero-order valence-corrected chi connectivity index (χ0v) is 17.6. The number of pyridine rings is 2. The van der Waals surface area contributed by atoms with Gasteiger partial charge in [0, 0.05) is 28.9 Å². The van der Waals surface area contributed by atoms with Gasteiger partial charge in [-0.15, -0.1) is 0 Å². The summed E-state index contributed by atoms with van der Waals surface area (Å²) in [5.41, 5.74) is 7.07. The summed E-state index contributed by atoms with van der Waals surface area (Å²) in [6, 6.07) is 21.2. The molecule has 0 spiro atoms. The van der Waals surface area contributed by atoms with Crippen LogP contribution in [0.2, 0.25) is 0 Å². The monoisotopic (exact) mass is 405 g/mol. The van der Waals surface area contributed by atoms with Gasteiger partial charge in [-0.3, -0.25) is 15.3 Å². The van der Waals surface area contributed by atoms with Crippen molar-refractivity contribution in [2.45, 2.75) is 25.3 Å². The fourth-order valence-corrected chi connectivity index (χ4v) is 4.17. The number of hydrogen-bond acceptors (Lipinski definition) is 5. The SMILES string of the molecule is CC(C)(C#N)c1ccc(C2NCNc3cnc4ccc(-c5cccnc5)cc4c32)cc1. The van der Waals surface area contributed by atoms with Crippen LogP contribution >= 0.6 is 0 Å². The average Bonchev–Trinajstić information content (AvgIpc) is 2.84. The topological polar surface area (TPSA) is 73.6 Å². The molecular weight excluding hydrogens is 382 g/mol. The van der Waals surface area contributed by atoms with Crippen LogP contribution in [0.15, 0.2) is 73.2 Å². The lowest BCUT2D eigenvalue weighted by Crippen LogP contribution is -2.33. The van der Waals surface area contributed by atoms with Gasteiger partial charge in [0.25, 0.3) is 0 Å². The first kappa shape index (κ1) is 19.2. The van der Waals surface area contributed by atoms with Gasteiger partial charge in [-0.25, -0.2) is 0 Å². The van der Waals surface area contributed by atoms with E-state index in [4.69, 9.17) is 0 Å². The predicted molar refractivity (Wildman–Crippen MR) is 124 cm³/mol. The predicted octanol–water partition coefficient (Wildman–Crippen LogP) is 5.16. The summed E-state index contributed by atoms with van der Waals surface area (Å²) < 4.78 is 0. The van der Waals surface area contributed by atoms with E-state index in [2.05, 4.69) is 75.2 Å². The smallest absolute Gasteiger partial charge is 0.0766 e. The molecule has 0 fully saturated rings. The lowest BCUT2D eigenvalue weighted by atomic mass is 9.84. The number of anilines is 1.